The highest BCUT2D eigenvalue weighted by Crippen LogP contribution is 2.18. The predicted molar refractivity (Wildman–Crippen MR) is 103 cm³/mol. The molecule has 1 aliphatic rings. The van der Waals surface area contributed by atoms with E-state index < -0.39 is 10.0 Å². The van der Waals surface area contributed by atoms with Crippen LogP contribution < -0.4 is 10.6 Å². The van der Waals surface area contributed by atoms with Gasteiger partial charge in [0.05, 0.1) is 10.9 Å². The first kappa shape index (κ1) is 20.9. The number of nitrogens with zero attached hydrogens (tertiary/aromatic N) is 1. The quantitative estimate of drug-likeness (QED) is 0.789. The van der Waals surface area contributed by atoms with Crippen molar-refractivity contribution >= 4 is 21.6 Å². The molecule has 7 heteroatoms. The first-order chi connectivity index (χ1) is 12.3. The summed E-state index contributed by atoms with van der Waals surface area (Å²) in [4.78, 5) is 12.7. The summed E-state index contributed by atoms with van der Waals surface area (Å²) in [5, 5.41) is 5.03. The Morgan fingerprint density at radius 2 is 1.77 bits per heavy atom. The fourth-order valence-corrected chi connectivity index (χ4v) is 4.33. The van der Waals surface area contributed by atoms with Crippen LogP contribution in [0.3, 0.4) is 0 Å². The van der Waals surface area contributed by atoms with E-state index in [9.17, 15) is 13.2 Å². The molecular weight excluding hydrogens is 350 g/mol. The van der Waals surface area contributed by atoms with Gasteiger partial charge in [-0.2, -0.15) is 0 Å². The van der Waals surface area contributed by atoms with Crippen molar-refractivity contribution in [1.29, 1.82) is 0 Å². The third-order valence-electron chi connectivity index (χ3n) is 5.00. The predicted octanol–water partition coefficient (Wildman–Crippen LogP) is 1.94. The van der Waals surface area contributed by atoms with E-state index in [1.165, 1.54) is 62.6 Å². The Morgan fingerprint density at radius 1 is 1.15 bits per heavy atom. The van der Waals surface area contributed by atoms with Gasteiger partial charge in [0.15, 0.2) is 6.04 Å². The van der Waals surface area contributed by atoms with Crippen molar-refractivity contribution in [3.8, 4) is 0 Å². The van der Waals surface area contributed by atoms with Crippen molar-refractivity contribution in [3.05, 3.63) is 24.3 Å². The van der Waals surface area contributed by atoms with E-state index in [1.807, 2.05) is 6.92 Å². The standard InChI is InChI=1S/C19H31N3O3S/c1-15(20-16-10-7-5-4-6-8-11-16)19(23)21-17-12-9-13-18(14-17)26(24,25)22(2)3/h9,12-16,20H,4-8,10-11H2,1-3H3,(H,21,23)/p+1/t15-/m1/s1. The van der Waals surface area contributed by atoms with Crippen LogP contribution in [-0.2, 0) is 14.8 Å². The maximum absolute atomic E-state index is 12.5. The molecule has 26 heavy (non-hydrogen) atoms. The number of sulfonamides is 1. The van der Waals surface area contributed by atoms with Gasteiger partial charge in [-0.05, 0) is 50.8 Å². The molecule has 0 saturated heterocycles. The van der Waals surface area contributed by atoms with Crippen LogP contribution in [0.25, 0.3) is 0 Å². The lowest BCUT2D eigenvalue weighted by molar-refractivity contribution is -0.707. The van der Waals surface area contributed by atoms with Crippen LogP contribution in [-0.4, -0.2) is 44.8 Å². The zero-order valence-electron chi connectivity index (χ0n) is 16.1. The largest absolute Gasteiger partial charge is 0.334 e. The Kier molecular flexibility index (Phi) is 7.61. The number of amides is 1. The lowest BCUT2D eigenvalue weighted by Crippen LogP contribution is -2.96. The van der Waals surface area contributed by atoms with Gasteiger partial charge < -0.3 is 10.6 Å². The SMILES string of the molecule is C[C@@H]([NH2+]C1CCCCCCC1)C(=O)Nc1cccc(S(=O)(=O)N(C)C)c1. The van der Waals surface area contributed by atoms with Crippen LogP contribution in [0.4, 0.5) is 5.69 Å². The van der Waals surface area contributed by atoms with Crippen LogP contribution in [0.15, 0.2) is 29.2 Å². The molecule has 2 rings (SSSR count). The number of hydrogen-bond acceptors (Lipinski definition) is 3. The lowest BCUT2D eigenvalue weighted by atomic mass is 9.96. The van der Waals surface area contributed by atoms with Crippen molar-refractivity contribution in [3.63, 3.8) is 0 Å². The summed E-state index contributed by atoms with van der Waals surface area (Å²) >= 11 is 0. The molecule has 146 valence electrons. The summed E-state index contributed by atoms with van der Waals surface area (Å²) < 4.78 is 25.6. The minimum absolute atomic E-state index is 0.0912. The van der Waals surface area contributed by atoms with Crippen LogP contribution >= 0.6 is 0 Å². The van der Waals surface area contributed by atoms with Gasteiger partial charge in [-0.3, -0.25) is 4.79 Å². The third-order valence-corrected chi connectivity index (χ3v) is 6.82. The van der Waals surface area contributed by atoms with Gasteiger partial charge >= 0.3 is 0 Å². The maximum atomic E-state index is 12.5. The number of benzene rings is 1. The molecule has 1 fully saturated rings. The number of rotatable bonds is 6. The molecule has 0 aliphatic heterocycles. The average Bonchev–Trinajstić information content (AvgIpc) is 2.57. The molecule has 0 unspecified atom stereocenters. The second-order valence-electron chi connectivity index (χ2n) is 7.39. The van der Waals surface area contributed by atoms with E-state index in [0.717, 1.165) is 12.8 Å². The van der Waals surface area contributed by atoms with Crippen LogP contribution in [0.5, 0.6) is 0 Å². The minimum Gasteiger partial charge on any atom is -0.334 e. The van der Waals surface area contributed by atoms with Gasteiger partial charge in [-0.15, -0.1) is 0 Å². The molecule has 0 heterocycles. The summed E-state index contributed by atoms with van der Waals surface area (Å²) in [7, 11) is -0.526. The molecule has 6 nitrogen and oxygen atoms in total. The van der Waals surface area contributed by atoms with E-state index in [4.69, 9.17) is 0 Å². The van der Waals surface area contributed by atoms with Gasteiger partial charge in [-0.1, -0.05) is 25.3 Å². The number of carbonyl (C=O) groups is 1. The molecule has 0 aromatic heterocycles. The second kappa shape index (κ2) is 9.48. The number of anilines is 1. The van der Waals surface area contributed by atoms with E-state index in [1.54, 1.807) is 12.1 Å². The molecule has 0 radical (unpaired) electrons. The lowest BCUT2D eigenvalue weighted by Gasteiger charge is -2.21. The first-order valence-electron chi connectivity index (χ1n) is 9.49. The smallest absolute Gasteiger partial charge is 0.282 e. The number of nitrogens with two attached hydrogens (primary N) is 1. The topological polar surface area (TPSA) is 83.1 Å². The van der Waals surface area contributed by atoms with Gasteiger partial charge in [0, 0.05) is 19.8 Å². The van der Waals surface area contributed by atoms with Crippen molar-refractivity contribution < 1.29 is 18.5 Å². The van der Waals surface area contributed by atoms with Gasteiger partial charge in [0.1, 0.15) is 0 Å². The van der Waals surface area contributed by atoms with E-state index in [2.05, 4.69) is 10.6 Å². The summed E-state index contributed by atoms with van der Waals surface area (Å²) in [5.41, 5.74) is 0.510. The normalized spacial score (nSPS) is 18.2. The number of carbonyl (C=O) groups excluding carboxylic acids is 1. The maximum Gasteiger partial charge on any atom is 0.282 e. The summed E-state index contributed by atoms with van der Waals surface area (Å²) in [5.74, 6) is -0.0912. The fourth-order valence-electron chi connectivity index (χ4n) is 3.38. The van der Waals surface area contributed by atoms with Crippen molar-refractivity contribution in [2.24, 2.45) is 0 Å². The molecule has 1 atom stereocenters. The monoisotopic (exact) mass is 382 g/mol. The molecule has 0 bridgehead atoms. The molecule has 3 N–H and O–H groups in total. The summed E-state index contributed by atoms with van der Waals surface area (Å²) in [6.45, 7) is 1.91. The van der Waals surface area contributed by atoms with Crippen molar-refractivity contribution in [1.82, 2.24) is 4.31 Å². The zero-order chi connectivity index (χ0) is 19.2. The molecule has 1 amide bonds. The summed E-state index contributed by atoms with van der Waals surface area (Å²) in [6.07, 6.45) is 8.70. The molecule has 1 aromatic carbocycles. The average molecular weight is 383 g/mol. The number of hydrogen-bond donors (Lipinski definition) is 2. The third kappa shape index (κ3) is 5.79. The molecule has 1 saturated carbocycles. The Morgan fingerprint density at radius 3 is 2.38 bits per heavy atom. The molecule has 1 aliphatic carbocycles. The van der Waals surface area contributed by atoms with E-state index in [0.29, 0.717) is 11.7 Å². The van der Waals surface area contributed by atoms with Crippen molar-refractivity contribution in [2.45, 2.75) is 68.8 Å². The van der Waals surface area contributed by atoms with E-state index in [-0.39, 0.29) is 16.8 Å². The van der Waals surface area contributed by atoms with E-state index >= 15 is 0 Å². The van der Waals surface area contributed by atoms with Crippen LogP contribution in [0.1, 0.15) is 51.9 Å². The van der Waals surface area contributed by atoms with Crippen molar-refractivity contribution in [2.75, 3.05) is 19.4 Å². The molecule has 0 spiro atoms. The second-order valence-corrected chi connectivity index (χ2v) is 9.54. The van der Waals surface area contributed by atoms with Crippen LogP contribution in [0.2, 0.25) is 0 Å². The highest BCUT2D eigenvalue weighted by Gasteiger charge is 2.23. The minimum atomic E-state index is -3.51. The Labute approximate surface area is 157 Å². The first-order valence-corrected chi connectivity index (χ1v) is 10.9. The molecular formula is C19H32N3O3S+. The fraction of sp³-hybridized carbons (Fsp3) is 0.632. The highest BCUT2D eigenvalue weighted by atomic mass is 32.2. The highest BCUT2D eigenvalue weighted by molar-refractivity contribution is 7.89. The summed E-state index contributed by atoms with van der Waals surface area (Å²) in [6, 6.07) is 6.71. The van der Waals surface area contributed by atoms with Gasteiger partial charge in [0.2, 0.25) is 10.0 Å². The Bertz CT molecular complexity index is 696. The number of quaternary nitrogens is 1. The molecule has 1 aromatic rings. The zero-order valence-corrected chi connectivity index (χ0v) is 16.9. The Hall–Kier alpha value is -1.44. The van der Waals surface area contributed by atoms with Gasteiger partial charge in [0.25, 0.3) is 5.91 Å². The van der Waals surface area contributed by atoms with Gasteiger partial charge in [-0.25, -0.2) is 12.7 Å². The number of nitrogens with one attached hydrogen (secondary N) is 1. The Balaban J connectivity index is 1.98. The van der Waals surface area contributed by atoms with Crippen LogP contribution in [0, 0.1) is 0 Å².